The van der Waals surface area contributed by atoms with E-state index in [0.717, 1.165) is 38.3 Å². The maximum atomic E-state index is 5.36. The highest BCUT2D eigenvalue weighted by atomic mass is 16.5. The van der Waals surface area contributed by atoms with Gasteiger partial charge in [0.25, 0.3) is 0 Å². The summed E-state index contributed by atoms with van der Waals surface area (Å²) in [4.78, 5) is 0. The average Bonchev–Trinajstić information content (AvgIpc) is 2.81. The second-order valence-electron chi connectivity index (χ2n) is 3.95. The van der Waals surface area contributed by atoms with E-state index >= 15 is 0 Å². The van der Waals surface area contributed by atoms with Crippen LogP contribution in [0.15, 0.2) is 0 Å². The fourth-order valence-electron chi connectivity index (χ4n) is 1.65. The van der Waals surface area contributed by atoms with Crippen LogP contribution in [-0.4, -0.2) is 38.4 Å². The van der Waals surface area contributed by atoms with E-state index in [1.54, 1.807) is 0 Å². The van der Waals surface area contributed by atoms with Crippen molar-refractivity contribution in [1.82, 2.24) is 10.6 Å². The second-order valence-corrected chi connectivity index (χ2v) is 3.95. The molecule has 0 amide bonds. The maximum absolute atomic E-state index is 5.36. The van der Waals surface area contributed by atoms with Gasteiger partial charge in [0.2, 0.25) is 0 Å². The lowest BCUT2D eigenvalue weighted by atomic mass is 10.3. The van der Waals surface area contributed by atoms with Crippen molar-refractivity contribution in [3.8, 4) is 0 Å². The van der Waals surface area contributed by atoms with Gasteiger partial charge in [0.1, 0.15) is 0 Å². The van der Waals surface area contributed by atoms with Crippen LogP contribution in [0.3, 0.4) is 0 Å². The molecule has 3 atom stereocenters. The van der Waals surface area contributed by atoms with Crippen LogP contribution >= 0.6 is 0 Å². The summed E-state index contributed by atoms with van der Waals surface area (Å²) < 4.78 is 5.36. The van der Waals surface area contributed by atoms with Crippen LogP contribution in [-0.2, 0) is 4.74 Å². The van der Waals surface area contributed by atoms with Gasteiger partial charge in [-0.3, -0.25) is 0 Å². The lowest BCUT2D eigenvalue weighted by Gasteiger charge is -2.24. The molecule has 2 aliphatic rings. The van der Waals surface area contributed by atoms with Gasteiger partial charge in [-0.25, -0.2) is 0 Å². The van der Waals surface area contributed by atoms with E-state index in [1.807, 2.05) is 0 Å². The van der Waals surface area contributed by atoms with Crippen LogP contribution < -0.4 is 10.6 Å². The van der Waals surface area contributed by atoms with Crippen molar-refractivity contribution >= 4 is 0 Å². The van der Waals surface area contributed by atoms with E-state index in [1.165, 1.54) is 6.42 Å². The number of hydrogen-bond donors (Lipinski definition) is 2. The van der Waals surface area contributed by atoms with Gasteiger partial charge >= 0.3 is 0 Å². The van der Waals surface area contributed by atoms with Gasteiger partial charge in [-0.1, -0.05) is 6.92 Å². The van der Waals surface area contributed by atoms with E-state index in [2.05, 4.69) is 17.6 Å². The van der Waals surface area contributed by atoms with E-state index in [4.69, 9.17) is 4.74 Å². The molecule has 0 aromatic rings. The molecule has 0 bridgehead atoms. The monoisotopic (exact) mass is 170 g/mol. The molecule has 0 radical (unpaired) electrons. The lowest BCUT2D eigenvalue weighted by Crippen LogP contribution is -2.47. The molecule has 1 heterocycles. The van der Waals surface area contributed by atoms with Gasteiger partial charge in [0, 0.05) is 25.2 Å². The van der Waals surface area contributed by atoms with Crippen molar-refractivity contribution in [3.05, 3.63) is 0 Å². The van der Waals surface area contributed by atoms with Gasteiger partial charge < -0.3 is 15.4 Å². The van der Waals surface area contributed by atoms with Crippen molar-refractivity contribution < 1.29 is 4.74 Å². The van der Waals surface area contributed by atoms with Gasteiger partial charge in [0.15, 0.2) is 0 Å². The molecule has 70 valence electrons. The van der Waals surface area contributed by atoms with Gasteiger partial charge in [0.05, 0.1) is 13.2 Å². The van der Waals surface area contributed by atoms with Gasteiger partial charge in [-0.15, -0.1) is 0 Å². The third-order valence-corrected chi connectivity index (χ3v) is 2.73. The third kappa shape index (κ3) is 2.19. The molecule has 0 spiro atoms. The number of morpholine rings is 1. The zero-order valence-electron chi connectivity index (χ0n) is 7.68. The van der Waals surface area contributed by atoms with Gasteiger partial charge in [-0.2, -0.15) is 0 Å². The van der Waals surface area contributed by atoms with Gasteiger partial charge in [-0.05, 0) is 12.3 Å². The normalized spacial score (nSPS) is 41.2. The van der Waals surface area contributed by atoms with Crippen molar-refractivity contribution in [1.29, 1.82) is 0 Å². The van der Waals surface area contributed by atoms with E-state index in [-0.39, 0.29) is 0 Å². The Bertz CT molecular complexity index is 145. The first-order valence-electron chi connectivity index (χ1n) is 4.91. The summed E-state index contributed by atoms with van der Waals surface area (Å²) in [6.45, 7) is 6.11. The summed E-state index contributed by atoms with van der Waals surface area (Å²) in [5.74, 6) is 0.898. The smallest absolute Gasteiger partial charge is 0.0632 e. The van der Waals surface area contributed by atoms with E-state index in [0.29, 0.717) is 6.04 Å². The summed E-state index contributed by atoms with van der Waals surface area (Å²) >= 11 is 0. The topological polar surface area (TPSA) is 33.3 Å². The minimum Gasteiger partial charge on any atom is -0.378 e. The quantitative estimate of drug-likeness (QED) is 0.624. The minimum atomic E-state index is 0.534. The molecular formula is C9H18N2O. The number of rotatable bonds is 3. The first-order chi connectivity index (χ1) is 5.86. The standard InChI is InChI=1S/C9H18N2O/c1-7-4-9(7)11-5-8-6-12-3-2-10-8/h7-11H,2-6H2,1H3. The molecule has 1 aliphatic carbocycles. The first-order valence-corrected chi connectivity index (χ1v) is 4.91. The summed E-state index contributed by atoms with van der Waals surface area (Å²) in [7, 11) is 0. The second kappa shape index (κ2) is 3.73. The average molecular weight is 170 g/mol. The summed E-state index contributed by atoms with van der Waals surface area (Å²) in [5.41, 5.74) is 0. The zero-order valence-corrected chi connectivity index (χ0v) is 7.68. The summed E-state index contributed by atoms with van der Waals surface area (Å²) in [5, 5.41) is 6.96. The molecule has 3 heteroatoms. The van der Waals surface area contributed by atoms with Crippen LogP contribution in [0.2, 0.25) is 0 Å². The van der Waals surface area contributed by atoms with Crippen molar-refractivity contribution in [2.24, 2.45) is 5.92 Å². The highest BCUT2D eigenvalue weighted by molar-refractivity contribution is 4.90. The highest BCUT2D eigenvalue weighted by Crippen LogP contribution is 2.28. The fraction of sp³-hybridized carbons (Fsp3) is 1.00. The molecule has 12 heavy (non-hydrogen) atoms. The SMILES string of the molecule is CC1CC1NCC1COCCN1. The Balaban J connectivity index is 1.59. The van der Waals surface area contributed by atoms with Crippen LogP contribution in [0.5, 0.6) is 0 Å². The molecule has 2 rings (SSSR count). The van der Waals surface area contributed by atoms with Crippen LogP contribution in [0.4, 0.5) is 0 Å². The molecule has 2 N–H and O–H groups in total. The van der Waals surface area contributed by atoms with Crippen LogP contribution in [0.1, 0.15) is 13.3 Å². The molecule has 0 aromatic heterocycles. The molecule has 3 unspecified atom stereocenters. The molecule has 0 aromatic carbocycles. The number of nitrogens with one attached hydrogen (secondary N) is 2. The summed E-state index contributed by atoms with van der Waals surface area (Å²) in [6, 6.07) is 1.32. The molecule has 2 fully saturated rings. The first kappa shape index (κ1) is 8.48. The molecule has 3 nitrogen and oxygen atoms in total. The number of hydrogen-bond acceptors (Lipinski definition) is 3. The van der Waals surface area contributed by atoms with E-state index in [9.17, 15) is 0 Å². The fourth-order valence-corrected chi connectivity index (χ4v) is 1.65. The Hall–Kier alpha value is -0.120. The van der Waals surface area contributed by atoms with Crippen LogP contribution in [0.25, 0.3) is 0 Å². The Morgan fingerprint density at radius 2 is 2.42 bits per heavy atom. The van der Waals surface area contributed by atoms with E-state index < -0.39 is 0 Å². The minimum absolute atomic E-state index is 0.534. The highest BCUT2D eigenvalue weighted by Gasteiger charge is 2.32. The largest absolute Gasteiger partial charge is 0.378 e. The zero-order chi connectivity index (χ0) is 8.39. The van der Waals surface area contributed by atoms with Crippen molar-refractivity contribution in [3.63, 3.8) is 0 Å². The Labute approximate surface area is 73.9 Å². The van der Waals surface area contributed by atoms with Crippen molar-refractivity contribution in [2.75, 3.05) is 26.3 Å². The predicted octanol–water partition coefficient (Wildman–Crippen LogP) is -0.0272. The Kier molecular flexibility index (Phi) is 2.63. The number of ether oxygens (including phenoxy) is 1. The Morgan fingerprint density at radius 1 is 1.58 bits per heavy atom. The Morgan fingerprint density at radius 3 is 3.00 bits per heavy atom. The third-order valence-electron chi connectivity index (χ3n) is 2.73. The molecule has 1 aliphatic heterocycles. The van der Waals surface area contributed by atoms with Crippen LogP contribution in [0, 0.1) is 5.92 Å². The summed E-state index contributed by atoms with van der Waals surface area (Å²) in [6.07, 6.45) is 1.35. The molecular weight excluding hydrogens is 152 g/mol. The molecule has 1 saturated heterocycles. The van der Waals surface area contributed by atoms with Crippen molar-refractivity contribution in [2.45, 2.75) is 25.4 Å². The predicted molar refractivity (Wildman–Crippen MR) is 48.2 cm³/mol. The lowest BCUT2D eigenvalue weighted by molar-refractivity contribution is 0.0765. The maximum Gasteiger partial charge on any atom is 0.0632 e. The molecule has 1 saturated carbocycles.